The number of aromatic nitrogens is 5. The predicted octanol–water partition coefficient (Wildman–Crippen LogP) is 3.14. The molecule has 0 aliphatic rings. The van der Waals surface area contributed by atoms with E-state index < -0.39 is 0 Å². The van der Waals surface area contributed by atoms with E-state index >= 15 is 0 Å². The Hall–Kier alpha value is -4.20. The monoisotopic (exact) mass is 411 g/mol. The maximum atomic E-state index is 12.8. The first-order chi connectivity index (χ1) is 15.1. The second-order valence-electron chi connectivity index (χ2n) is 7.48. The number of amides is 1. The number of carbonyl (C=O) groups excluding carboxylic acids is 1. The van der Waals surface area contributed by atoms with Gasteiger partial charge in [0.1, 0.15) is 11.8 Å². The van der Waals surface area contributed by atoms with Gasteiger partial charge in [0.05, 0.1) is 11.2 Å². The van der Waals surface area contributed by atoms with Gasteiger partial charge in [0.15, 0.2) is 11.5 Å². The molecular formula is C23H21N7O. The molecule has 0 radical (unpaired) electrons. The lowest BCUT2D eigenvalue weighted by atomic mass is 10.1. The topological polar surface area (TPSA) is 114 Å². The van der Waals surface area contributed by atoms with Crippen LogP contribution < -0.4 is 11.1 Å². The van der Waals surface area contributed by atoms with Gasteiger partial charge in [0.25, 0.3) is 5.91 Å². The van der Waals surface area contributed by atoms with E-state index in [1.807, 2.05) is 30.3 Å². The summed E-state index contributed by atoms with van der Waals surface area (Å²) >= 11 is 0. The predicted molar refractivity (Wildman–Crippen MR) is 120 cm³/mol. The van der Waals surface area contributed by atoms with Gasteiger partial charge in [-0.15, -0.1) is 0 Å². The highest BCUT2D eigenvalue weighted by Gasteiger charge is 2.16. The fourth-order valence-electron chi connectivity index (χ4n) is 3.68. The summed E-state index contributed by atoms with van der Waals surface area (Å²) in [5.41, 5.74) is 12.0. The average molecular weight is 411 g/mol. The summed E-state index contributed by atoms with van der Waals surface area (Å²) < 4.78 is 1.74. The smallest absolute Gasteiger partial charge is 0.272 e. The number of hydrogen-bond acceptors (Lipinski definition) is 5. The first-order valence-corrected chi connectivity index (χ1v) is 10.0. The second kappa shape index (κ2) is 7.56. The Balaban J connectivity index is 1.40. The van der Waals surface area contributed by atoms with Gasteiger partial charge < -0.3 is 11.1 Å². The molecule has 0 saturated heterocycles. The molecular weight excluding hydrogens is 390 g/mol. The van der Waals surface area contributed by atoms with Crippen LogP contribution in [0.25, 0.3) is 27.7 Å². The van der Waals surface area contributed by atoms with Gasteiger partial charge in [0.2, 0.25) is 0 Å². The maximum Gasteiger partial charge on any atom is 0.272 e. The van der Waals surface area contributed by atoms with Crippen LogP contribution in [-0.4, -0.2) is 37.2 Å². The summed E-state index contributed by atoms with van der Waals surface area (Å²) in [7, 11) is 0. The average Bonchev–Trinajstić information content (AvgIpc) is 3.40. The summed E-state index contributed by atoms with van der Waals surface area (Å²) in [4.78, 5) is 16.8. The molecule has 154 valence electrons. The SMILES string of the molecule is Cc1ccc(CCNC(=O)c2n[nH]c3ccc(-c4ccc5c(N)ncnn45)cc23)cc1. The lowest BCUT2D eigenvalue weighted by molar-refractivity contribution is 0.0950. The summed E-state index contributed by atoms with van der Waals surface area (Å²) in [6.07, 6.45) is 2.19. The minimum Gasteiger partial charge on any atom is -0.382 e. The van der Waals surface area contributed by atoms with Crippen molar-refractivity contribution in [2.45, 2.75) is 13.3 Å². The van der Waals surface area contributed by atoms with Gasteiger partial charge >= 0.3 is 0 Å². The Bertz CT molecular complexity index is 1400. The zero-order chi connectivity index (χ0) is 21.4. The molecule has 5 aromatic rings. The molecule has 5 rings (SSSR count). The molecule has 3 heterocycles. The van der Waals surface area contributed by atoms with Crippen LogP contribution in [0.3, 0.4) is 0 Å². The van der Waals surface area contributed by atoms with E-state index in [0.717, 1.165) is 34.1 Å². The second-order valence-corrected chi connectivity index (χ2v) is 7.48. The molecule has 0 unspecified atom stereocenters. The minimum atomic E-state index is -0.206. The molecule has 31 heavy (non-hydrogen) atoms. The standard InChI is InChI=1S/C23H21N7O/c1-14-2-4-15(5-3-14)10-11-25-23(31)21-17-12-16(6-7-18(17)28-29-21)19-8-9-20-22(24)26-13-27-30(19)20/h2-9,12-13H,10-11H2,1H3,(H,25,31)(H,28,29)(H2,24,26,27). The molecule has 1 amide bonds. The van der Waals surface area contributed by atoms with Gasteiger partial charge in [-0.3, -0.25) is 9.89 Å². The number of anilines is 1. The molecule has 0 aliphatic carbocycles. The highest BCUT2D eigenvalue weighted by molar-refractivity contribution is 6.05. The van der Waals surface area contributed by atoms with E-state index in [1.165, 1.54) is 17.5 Å². The lowest BCUT2D eigenvalue weighted by Gasteiger charge is -2.06. The fourth-order valence-corrected chi connectivity index (χ4v) is 3.68. The van der Waals surface area contributed by atoms with Crippen LogP contribution in [0.15, 0.2) is 60.9 Å². The molecule has 4 N–H and O–H groups in total. The van der Waals surface area contributed by atoms with E-state index in [2.05, 4.69) is 56.8 Å². The van der Waals surface area contributed by atoms with Crippen molar-refractivity contribution in [3.05, 3.63) is 77.7 Å². The summed E-state index contributed by atoms with van der Waals surface area (Å²) in [6, 6.07) is 17.9. The van der Waals surface area contributed by atoms with Crippen molar-refractivity contribution in [2.75, 3.05) is 12.3 Å². The summed E-state index contributed by atoms with van der Waals surface area (Å²) in [5, 5.41) is 15.2. The zero-order valence-corrected chi connectivity index (χ0v) is 17.0. The molecule has 8 heteroatoms. The quantitative estimate of drug-likeness (QED) is 0.411. The van der Waals surface area contributed by atoms with E-state index in [9.17, 15) is 4.79 Å². The largest absolute Gasteiger partial charge is 0.382 e. The number of nitrogens with two attached hydrogens (primary N) is 1. The normalized spacial score (nSPS) is 11.3. The highest BCUT2D eigenvalue weighted by Crippen LogP contribution is 2.27. The number of H-pyrrole nitrogens is 1. The van der Waals surface area contributed by atoms with Crippen molar-refractivity contribution < 1.29 is 4.79 Å². The van der Waals surface area contributed by atoms with E-state index in [4.69, 9.17) is 5.73 Å². The van der Waals surface area contributed by atoms with Crippen LogP contribution >= 0.6 is 0 Å². The zero-order valence-electron chi connectivity index (χ0n) is 17.0. The van der Waals surface area contributed by atoms with Crippen LogP contribution in [0.4, 0.5) is 5.82 Å². The summed E-state index contributed by atoms with van der Waals surface area (Å²) in [5.74, 6) is 0.210. The van der Waals surface area contributed by atoms with Crippen LogP contribution in [0.5, 0.6) is 0 Å². The molecule has 0 saturated carbocycles. The number of rotatable bonds is 5. The number of nitrogen functional groups attached to an aromatic ring is 1. The first-order valence-electron chi connectivity index (χ1n) is 10.0. The van der Waals surface area contributed by atoms with Gasteiger partial charge in [-0.25, -0.2) is 9.50 Å². The third-order valence-corrected chi connectivity index (χ3v) is 5.38. The Morgan fingerprint density at radius 1 is 1.13 bits per heavy atom. The molecule has 0 aliphatic heterocycles. The van der Waals surface area contributed by atoms with Crippen LogP contribution in [0, 0.1) is 6.92 Å². The number of aryl methyl sites for hydroxylation is 1. The molecule has 8 nitrogen and oxygen atoms in total. The fraction of sp³-hybridized carbons (Fsp3) is 0.130. The van der Waals surface area contributed by atoms with Gasteiger partial charge in [-0.2, -0.15) is 10.2 Å². The third kappa shape index (κ3) is 3.48. The van der Waals surface area contributed by atoms with Crippen molar-refractivity contribution in [2.24, 2.45) is 0 Å². The van der Waals surface area contributed by atoms with Crippen LogP contribution in [0.2, 0.25) is 0 Å². The van der Waals surface area contributed by atoms with Crippen molar-refractivity contribution in [1.29, 1.82) is 0 Å². The van der Waals surface area contributed by atoms with E-state index in [1.54, 1.807) is 4.52 Å². The third-order valence-electron chi connectivity index (χ3n) is 5.38. The molecule has 0 bridgehead atoms. The van der Waals surface area contributed by atoms with Gasteiger partial charge in [0, 0.05) is 17.5 Å². The van der Waals surface area contributed by atoms with Crippen molar-refractivity contribution in [3.63, 3.8) is 0 Å². The molecule has 0 spiro atoms. The van der Waals surface area contributed by atoms with E-state index in [0.29, 0.717) is 18.1 Å². The van der Waals surface area contributed by atoms with Crippen molar-refractivity contribution >= 4 is 28.1 Å². The Kier molecular flexibility index (Phi) is 4.59. The number of nitrogens with one attached hydrogen (secondary N) is 2. The summed E-state index contributed by atoms with van der Waals surface area (Å²) in [6.45, 7) is 2.59. The Labute approximate surface area is 178 Å². The number of aromatic amines is 1. The number of hydrogen-bond donors (Lipinski definition) is 3. The lowest BCUT2D eigenvalue weighted by Crippen LogP contribution is -2.26. The number of nitrogens with zero attached hydrogens (tertiary/aromatic N) is 4. The molecule has 0 fully saturated rings. The van der Waals surface area contributed by atoms with Gasteiger partial charge in [-0.05, 0) is 43.2 Å². The number of fused-ring (bicyclic) bond motifs is 2. The van der Waals surface area contributed by atoms with E-state index in [-0.39, 0.29) is 5.91 Å². The molecule has 3 aromatic heterocycles. The Morgan fingerprint density at radius 3 is 2.81 bits per heavy atom. The number of benzene rings is 2. The van der Waals surface area contributed by atoms with Crippen molar-refractivity contribution in [1.82, 2.24) is 30.1 Å². The van der Waals surface area contributed by atoms with Crippen LogP contribution in [-0.2, 0) is 6.42 Å². The van der Waals surface area contributed by atoms with Crippen LogP contribution in [0.1, 0.15) is 21.6 Å². The molecule has 2 aromatic carbocycles. The highest BCUT2D eigenvalue weighted by atomic mass is 16.1. The Morgan fingerprint density at radius 2 is 1.97 bits per heavy atom. The minimum absolute atomic E-state index is 0.206. The first kappa shape index (κ1) is 18.8. The maximum absolute atomic E-state index is 12.8. The van der Waals surface area contributed by atoms with Crippen molar-refractivity contribution in [3.8, 4) is 11.3 Å². The van der Waals surface area contributed by atoms with Gasteiger partial charge in [-0.1, -0.05) is 35.9 Å². The number of carbonyl (C=O) groups is 1. The molecule has 0 atom stereocenters.